The molecule has 0 aromatic rings. The molecule has 0 aromatic heterocycles. The van der Waals surface area contributed by atoms with Gasteiger partial charge in [-0.05, 0) is 13.5 Å². The van der Waals surface area contributed by atoms with Gasteiger partial charge in [-0.3, -0.25) is 4.79 Å². The van der Waals surface area contributed by atoms with Crippen LogP contribution in [0, 0.1) is 0 Å². The lowest BCUT2D eigenvalue weighted by Crippen LogP contribution is -2.52. The summed E-state index contributed by atoms with van der Waals surface area (Å²) in [5, 5.41) is 0. The van der Waals surface area contributed by atoms with Crippen LogP contribution in [0.1, 0.15) is 19.8 Å². The van der Waals surface area contributed by atoms with Crippen molar-refractivity contribution >= 4 is 5.91 Å². The minimum Gasteiger partial charge on any atom is -0.339 e. The minimum atomic E-state index is -0.289. The Balaban J connectivity index is 2.37. The van der Waals surface area contributed by atoms with Crippen LogP contribution in [0.2, 0.25) is 0 Å². The lowest BCUT2D eigenvalue weighted by atomic mass is 10.1. The van der Waals surface area contributed by atoms with E-state index in [9.17, 15) is 4.79 Å². The first-order valence-electron chi connectivity index (χ1n) is 5.38. The SMILES string of the molecule is CCCC(N)C(=O)N1CCN(C)CC1. The van der Waals surface area contributed by atoms with Crippen LogP contribution in [0.3, 0.4) is 0 Å². The number of nitrogens with zero attached hydrogens (tertiary/aromatic N) is 2. The first-order valence-corrected chi connectivity index (χ1v) is 5.38. The van der Waals surface area contributed by atoms with Crippen molar-refractivity contribution in [3.8, 4) is 0 Å². The molecule has 0 radical (unpaired) electrons. The quantitative estimate of drug-likeness (QED) is 0.690. The lowest BCUT2D eigenvalue weighted by molar-refractivity contribution is -0.134. The number of amides is 1. The first-order chi connectivity index (χ1) is 6.65. The summed E-state index contributed by atoms with van der Waals surface area (Å²) < 4.78 is 0. The van der Waals surface area contributed by atoms with Crippen LogP contribution in [0.25, 0.3) is 0 Å². The van der Waals surface area contributed by atoms with Crippen molar-refractivity contribution in [1.29, 1.82) is 0 Å². The van der Waals surface area contributed by atoms with Crippen LogP contribution in [0.15, 0.2) is 0 Å². The predicted octanol–water partition coefficient (Wildman–Crippen LogP) is -0.112. The third kappa shape index (κ3) is 2.96. The van der Waals surface area contributed by atoms with E-state index < -0.39 is 0 Å². The fourth-order valence-corrected chi connectivity index (χ4v) is 1.70. The van der Waals surface area contributed by atoms with Crippen LogP contribution < -0.4 is 5.73 Å². The highest BCUT2D eigenvalue weighted by Gasteiger charge is 2.23. The molecule has 0 spiro atoms. The van der Waals surface area contributed by atoms with Gasteiger partial charge in [0, 0.05) is 26.2 Å². The molecule has 0 bridgehead atoms. The largest absolute Gasteiger partial charge is 0.339 e. The fraction of sp³-hybridized carbons (Fsp3) is 0.900. The third-order valence-electron chi connectivity index (χ3n) is 2.73. The van der Waals surface area contributed by atoms with Crippen LogP contribution in [-0.2, 0) is 4.79 Å². The number of nitrogens with two attached hydrogens (primary N) is 1. The van der Waals surface area contributed by atoms with E-state index in [1.165, 1.54) is 0 Å². The molecule has 1 amide bonds. The number of likely N-dealkylation sites (N-methyl/N-ethyl adjacent to an activating group) is 1. The second kappa shape index (κ2) is 5.32. The molecular weight excluding hydrogens is 178 g/mol. The summed E-state index contributed by atoms with van der Waals surface area (Å²) in [6, 6.07) is -0.289. The van der Waals surface area contributed by atoms with Crippen molar-refractivity contribution in [1.82, 2.24) is 9.80 Å². The smallest absolute Gasteiger partial charge is 0.239 e. The van der Waals surface area contributed by atoms with E-state index in [0.717, 1.165) is 39.0 Å². The summed E-state index contributed by atoms with van der Waals surface area (Å²) in [5.74, 6) is 0.125. The minimum absolute atomic E-state index is 0.125. The molecule has 4 heteroatoms. The zero-order chi connectivity index (χ0) is 10.6. The van der Waals surface area contributed by atoms with Crippen molar-refractivity contribution in [3.05, 3.63) is 0 Å². The number of carbonyl (C=O) groups is 1. The van der Waals surface area contributed by atoms with Gasteiger partial charge in [-0.2, -0.15) is 0 Å². The maximum absolute atomic E-state index is 11.8. The van der Waals surface area contributed by atoms with Gasteiger partial charge in [-0.15, -0.1) is 0 Å². The molecule has 1 unspecified atom stereocenters. The van der Waals surface area contributed by atoms with Crippen LogP contribution in [-0.4, -0.2) is 55.0 Å². The maximum Gasteiger partial charge on any atom is 0.239 e. The van der Waals surface area contributed by atoms with Crippen LogP contribution in [0.4, 0.5) is 0 Å². The maximum atomic E-state index is 11.8. The zero-order valence-electron chi connectivity index (χ0n) is 9.20. The molecule has 0 aromatic carbocycles. The lowest BCUT2D eigenvalue weighted by Gasteiger charge is -2.33. The van der Waals surface area contributed by atoms with Crippen LogP contribution >= 0.6 is 0 Å². The second-order valence-electron chi connectivity index (χ2n) is 4.02. The molecule has 82 valence electrons. The Kier molecular flexibility index (Phi) is 4.35. The molecule has 4 nitrogen and oxygen atoms in total. The van der Waals surface area contributed by atoms with E-state index in [4.69, 9.17) is 5.73 Å². The van der Waals surface area contributed by atoms with Gasteiger partial charge in [0.1, 0.15) is 0 Å². The number of hydrogen-bond acceptors (Lipinski definition) is 3. The standard InChI is InChI=1S/C10H21N3O/c1-3-4-9(11)10(14)13-7-5-12(2)6-8-13/h9H,3-8,11H2,1-2H3. The summed E-state index contributed by atoms with van der Waals surface area (Å²) in [7, 11) is 2.08. The molecule has 1 fully saturated rings. The van der Waals surface area contributed by atoms with E-state index >= 15 is 0 Å². The molecular formula is C10H21N3O. The molecule has 1 heterocycles. The summed E-state index contributed by atoms with van der Waals surface area (Å²) in [6.45, 7) is 5.63. The zero-order valence-corrected chi connectivity index (χ0v) is 9.20. The van der Waals surface area contributed by atoms with E-state index in [-0.39, 0.29) is 11.9 Å². The Bertz CT molecular complexity index is 188. The van der Waals surface area contributed by atoms with Gasteiger partial charge in [0.15, 0.2) is 0 Å². The molecule has 1 saturated heterocycles. The van der Waals surface area contributed by atoms with E-state index in [1.807, 2.05) is 4.90 Å². The highest BCUT2D eigenvalue weighted by molar-refractivity contribution is 5.81. The van der Waals surface area contributed by atoms with E-state index in [1.54, 1.807) is 0 Å². The Morgan fingerprint density at radius 1 is 1.36 bits per heavy atom. The molecule has 2 N–H and O–H groups in total. The molecule has 0 aliphatic carbocycles. The number of rotatable bonds is 3. The second-order valence-corrected chi connectivity index (χ2v) is 4.02. The van der Waals surface area contributed by atoms with Gasteiger partial charge >= 0.3 is 0 Å². The Hall–Kier alpha value is -0.610. The van der Waals surface area contributed by atoms with Gasteiger partial charge in [-0.1, -0.05) is 13.3 Å². The fourth-order valence-electron chi connectivity index (χ4n) is 1.70. The summed E-state index contributed by atoms with van der Waals surface area (Å²) in [4.78, 5) is 15.9. The van der Waals surface area contributed by atoms with Gasteiger partial charge < -0.3 is 15.5 Å². The molecule has 14 heavy (non-hydrogen) atoms. The van der Waals surface area contributed by atoms with Crippen molar-refractivity contribution in [2.45, 2.75) is 25.8 Å². The average Bonchev–Trinajstić information content (AvgIpc) is 2.18. The molecule has 1 atom stereocenters. The van der Waals surface area contributed by atoms with E-state index in [0.29, 0.717) is 0 Å². The predicted molar refractivity (Wildman–Crippen MR) is 57.0 cm³/mol. The normalized spacial score (nSPS) is 20.9. The summed E-state index contributed by atoms with van der Waals surface area (Å²) in [5.41, 5.74) is 5.79. The van der Waals surface area contributed by atoms with Crippen molar-refractivity contribution in [3.63, 3.8) is 0 Å². The molecule has 1 rings (SSSR count). The van der Waals surface area contributed by atoms with Gasteiger partial charge in [0.2, 0.25) is 5.91 Å². The number of piperazine rings is 1. The van der Waals surface area contributed by atoms with Gasteiger partial charge in [0.05, 0.1) is 6.04 Å². The Morgan fingerprint density at radius 2 is 1.93 bits per heavy atom. The van der Waals surface area contributed by atoms with Crippen molar-refractivity contribution < 1.29 is 4.79 Å². The molecule has 0 saturated carbocycles. The monoisotopic (exact) mass is 199 g/mol. The van der Waals surface area contributed by atoms with Crippen molar-refractivity contribution in [2.24, 2.45) is 5.73 Å². The topological polar surface area (TPSA) is 49.6 Å². The highest BCUT2D eigenvalue weighted by Crippen LogP contribution is 2.04. The van der Waals surface area contributed by atoms with Crippen molar-refractivity contribution in [2.75, 3.05) is 33.2 Å². The molecule has 1 aliphatic rings. The third-order valence-corrected chi connectivity index (χ3v) is 2.73. The average molecular weight is 199 g/mol. The van der Waals surface area contributed by atoms with Gasteiger partial charge in [0.25, 0.3) is 0 Å². The summed E-state index contributed by atoms with van der Waals surface area (Å²) in [6.07, 6.45) is 1.77. The van der Waals surface area contributed by atoms with Gasteiger partial charge in [-0.25, -0.2) is 0 Å². The molecule has 1 aliphatic heterocycles. The highest BCUT2D eigenvalue weighted by atomic mass is 16.2. The Labute approximate surface area is 86.0 Å². The Morgan fingerprint density at radius 3 is 2.43 bits per heavy atom. The number of carbonyl (C=O) groups excluding carboxylic acids is 1. The first kappa shape index (κ1) is 11.5. The van der Waals surface area contributed by atoms with Crippen LogP contribution in [0.5, 0.6) is 0 Å². The summed E-state index contributed by atoms with van der Waals surface area (Å²) >= 11 is 0. The van der Waals surface area contributed by atoms with E-state index in [2.05, 4.69) is 18.9 Å². The number of hydrogen-bond donors (Lipinski definition) is 1.